The Hall–Kier alpha value is -2.71. The van der Waals surface area contributed by atoms with Gasteiger partial charge in [-0.1, -0.05) is 42.5 Å². The molecule has 0 spiro atoms. The van der Waals surface area contributed by atoms with Crippen molar-refractivity contribution >= 4 is 21.8 Å². The zero-order valence-electron chi connectivity index (χ0n) is 13.6. The molecule has 25 heavy (non-hydrogen) atoms. The van der Waals surface area contributed by atoms with Gasteiger partial charge in [-0.25, -0.2) is 13.6 Å². The van der Waals surface area contributed by atoms with Gasteiger partial charge in [-0.15, -0.1) is 0 Å². The highest BCUT2D eigenvalue weighted by atomic mass is 32.2. The molecule has 0 aliphatic rings. The highest BCUT2D eigenvalue weighted by molar-refractivity contribution is 7.89. The molecule has 0 saturated carbocycles. The summed E-state index contributed by atoms with van der Waals surface area (Å²) in [6.45, 7) is 1.88. The van der Waals surface area contributed by atoms with E-state index in [9.17, 15) is 18.0 Å². The van der Waals surface area contributed by atoms with Crippen molar-refractivity contribution in [2.75, 3.05) is 0 Å². The first-order valence-corrected chi connectivity index (χ1v) is 9.07. The first kappa shape index (κ1) is 18.6. The Bertz CT molecular complexity index is 849. The van der Waals surface area contributed by atoms with Crippen molar-refractivity contribution in [1.82, 2.24) is 10.6 Å². The van der Waals surface area contributed by atoms with Crippen LogP contribution in [-0.2, 0) is 26.2 Å². The molecule has 0 saturated heterocycles. The van der Waals surface area contributed by atoms with Gasteiger partial charge in [0.05, 0.1) is 10.9 Å². The molecule has 2 aromatic carbocycles. The van der Waals surface area contributed by atoms with Gasteiger partial charge in [-0.3, -0.25) is 9.59 Å². The van der Waals surface area contributed by atoms with Crippen molar-refractivity contribution in [3.63, 3.8) is 0 Å². The summed E-state index contributed by atoms with van der Waals surface area (Å²) in [5.41, 5.74) is 1.53. The molecular formula is C17H19N3O4S. The predicted octanol–water partition coefficient (Wildman–Crippen LogP) is 0.828. The molecule has 2 amide bonds. The van der Waals surface area contributed by atoms with E-state index in [1.807, 2.05) is 30.3 Å². The van der Waals surface area contributed by atoms with Crippen LogP contribution in [0.5, 0.6) is 0 Å². The maximum Gasteiger partial charge on any atom is 0.309 e. The number of nitrogens with one attached hydrogen (secondary N) is 2. The Labute approximate surface area is 146 Å². The molecule has 132 valence electrons. The van der Waals surface area contributed by atoms with E-state index in [1.54, 1.807) is 6.92 Å². The van der Waals surface area contributed by atoms with Gasteiger partial charge < -0.3 is 10.6 Å². The van der Waals surface area contributed by atoms with Gasteiger partial charge in [0.1, 0.15) is 0 Å². The zero-order chi connectivity index (χ0) is 18.4. The minimum atomic E-state index is -3.76. The van der Waals surface area contributed by atoms with E-state index >= 15 is 0 Å². The number of sulfonamides is 1. The van der Waals surface area contributed by atoms with Crippen LogP contribution < -0.4 is 15.8 Å². The van der Waals surface area contributed by atoms with Crippen LogP contribution in [0.15, 0.2) is 59.5 Å². The van der Waals surface area contributed by atoms with Crippen LogP contribution in [0.25, 0.3) is 0 Å². The summed E-state index contributed by atoms with van der Waals surface area (Å²) in [5.74, 6) is -1.50. The maximum absolute atomic E-state index is 11.9. The van der Waals surface area contributed by atoms with Crippen molar-refractivity contribution in [3.8, 4) is 0 Å². The third-order valence-electron chi connectivity index (χ3n) is 3.56. The number of amides is 2. The summed E-state index contributed by atoms with van der Waals surface area (Å²) >= 11 is 0. The lowest BCUT2D eigenvalue weighted by atomic mass is 10.1. The topological polar surface area (TPSA) is 118 Å². The highest BCUT2D eigenvalue weighted by Crippen LogP contribution is 2.11. The molecule has 7 nitrogen and oxygen atoms in total. The third kappa shape index (κ3) is 5.40. The third-order valence-corrected chi connectivity index (χ3v) is 4.49. The van der Waals surface area contributed by atoms with E-state index in [0.717, 1.165) is 5.56 Å². The van der Waals surface area contributed by atoms with Gasteiger partial charge in [0.25, 0.3) is 0 Å². The van der Waals surface area contributed by atoms with E-state index in [1.165, 1.54) is 24.3 Å². The summed E-state index contributed by atoms with van der Waals surface area (Å²) in [5, 5.41) is 10.1. The van der Waals surface area contributed by atoms with Crippen LogP contribution in [0.3, 0.4) is 0 Å². The molecule has 2 aromatic rings. The van der Waals surface area contributed by atoms with E-state index < -0.39 is 21.8 Å². The standard InChI is InChI=1S/C17H19N3O4S/c1-12(14-5-3-2-4-6-14)20-17(22)16(21)19-11-13-7-9-15(10-8-13)25(18,23)24/h2-10,12H,11H2,1H3,(H,19,21)(H,20,22)(H2,18,23,24)/t12-/m1/s1. The monoisotopic (exact) mass is 361 g/mol. The Balaban J connectivity index is 1.88. The molecule has 0 aromatic heterocycles. The average molecular weight is 361 g/mol. The fraction of sp³-hybridized carbons (Fsp3) is 0.176. The first-order chi connectivity index (χ1) is 11.8. The molecule has 1 atom stereocenters. The molecule has 0 bridgehead atoms. The van der Waals surface area contributed by atoms with Crippen molar-refractivity contribution in [2.45, 2.75) is 24.4 Å². The second-order valence-electron chi connectivity index (χ2n) is 5.48. The minimum Gasteiger partial charge on any atom is -0.344 e. The van der Waals surface area contributed by atoms with Crippen LogP contribution in [0, 0.1) is 0 Å². The number of benzene rings is 2. The Kier molecular flexibility index (Phi) is 5.89. The van der Waals surface area contributed by atoms with Crippen LogP contribution in [0.2, 0.25) is 0 Å². The summed E-state index contributed by atoms with van der Waals surface area (Å²) in [4.78, 5) is 23.8. The summed E-state index contributed by atoms with van der Waals surface area (Å²) < 4.78 is 22.3. The van der Waals surface area contributed by atoms with Crippen molar-refractivity contribution in [1.29, 1.82) is 0 Å². The SMILES string of the molecule is C[C@@H](NC(=O)C(=O)NCc1ccc(S(N)(=O)=O)cc1)c1ccccc1. The number of hydrogen-bond acceptors (Lipinski definition) is 4. The number of primary sulfonamides is 1. The fourth-order valence-corrected chi connectivity index (χ4v) is 2.66. The zero-order valence-corrected chi connectivity index (χ0v) is 14.4. The molecule has 2 rings (SSSR count). The molecule has 0 fully saturated rings. The molecule has 0 unspecified atom stereocenters. The van der Waals surface area contributed by atoms with Crippen molar-refractivity contribution < 1.29 is 18.0 Å². The van der Waals surface area contributed by atoms with Gasteiger partial charge in [-0.05, 0) is 30.2 Å². The molecule has 0 radical (unpaired) electrons. The normalized spacial score (nSPS) is 12.2. The molecule has 0 aliphatic carbocycles. The maximum atomic E-state index is 11.9. The van der Waals surface area contributed by atoms with Gasteiger partial charge >= 0.3 is 11.8 Å². The predicted molar refractivity (Wildman–Crippen MR) is 92.7 cm³/mol. The second-order valence-corrected chi connectivity index (χ2v) is 7.04. The van der Waals surface area contributed by atoms with Crippen LogP contribution >= 0.6 is 0 Å². The quantitative estimate of drug-likeness (QED) is 0.683. The summed E-state index contributed by atoms with van der Waals surface area (Å²) in [6, 6.07) is 14.7. The smallest absolute Gasteiger partial charge is 0.309 e. The number of carbonyl (C=O) groups excluding carboxylic acids is 2. The van der Waals surface area contributed by atoms with Crippen molar-refractivity contribution in [3.05, 3.63) is 65.7 Å². The van der Waals surface area contributed by atoms with Gasteiger partial charge in [0, 0.05) is 6.54 Å². The van der Waals surface area contributed by atoms with Crippen LogP contribution in [0.4, 0.5) is 0 Å². The van der Waals surface area contributed by atoms with Gasteiger partial charge in [-0.2, -0.15) is 0 Å². The number of rotatable bonds is 5. The van der Waals surface area contributed by atoms with Crippen LogP contribution in [-0.4, -0.2) is 20.2 Å². The average Bonchev–Trinajstić information content (AvgIpc) is 2.60. The van der Waals surface area contributed by atoms with Crippen LogP contribution in [0.1, 0.15) is 24.1 Å². The van der Waals surface area contributed by atoms with E-state index in [4.69, 9.17) is 5.14 Å². The molecular weight excluding hydrogens is 342 g/mol. The fourth-order valence-electron chi connectivity index (χ4n) is 2.15. The Morgan fingerprint density at radius 1 is 1.00 bits per heavy atom. The second kappa shape index (κ2) is 7.91. The lowest BCUT2D eigenvalue weighted by molar-refractivity contribution is -0.139. The lowest BCUT2D eigenvalue weighted by Crippen LogP contribution is -2.40. The Morgan fingerprint density at radius 3 is 2.16 bits per heavy atom. The Morgan fingerprint density at radius 2 is 1.60 bits per heavy atom. The number of carbonyl (C=O) groups is 2. The summed E-state index contributed by atoms with van der Waals surface area (Å²) in [6.07, 6.45) is 0. The molecule has 0 heterocycles. The summed E-state index contributed by atoms with van der Waals surface area (Å²) in [7, 11) is -3.76. The van der Waals surface area contributed by atoms with E-state index in [0.29, 0.717) is 5.56 Å². The molecule has 0 aliphatic heterocycles. The van der Waals surface area contributed by atoms with Crippen molar-refractivity contribution in [2.24, 2.45) is 5.14 Å². The molecule has 4 N–H and O–H groups in total. The lowest BCUT2D eigenvalue weighted by Gasteiger charge is -2.14. The number of nitrogens with two attached hydrogens (primary N) is 1. The minimum absolute atomic E-state index is 0.0167. The molecule has 8 heteroatoms. The largest absolute Gasteiger partial charge is 0.344 e. The number of hydrogen-bond donors (Lipinski definition) is 3. The van der Waals surface area contributed by atoms with Gasteiger partial charge in [0.15, 0.2) is 0 Å². The highest BCUT2D eigenvalue weighted by Gasteiger charge is 2.16. The van der Waals surface area contributed by atoms with E-state index in [-0.39, 0.29) is 17.5 Å². The first-order valence-electron chi connectivity index (χ1n) is 7.53. The van der Waals surface area contributed by atoms with E-state index in [2.05, 4.69) is 10.6 Å². The van der Waals surface area contributed by atoms with Gasteiger partial charge in [0.2, 0.25) is 10.0 Å².